The van der Waals surface area contributed by atoms with Gasteiger partial charge in [-0.25, -0.2) is 19.4 Å². The Morgan fingerprint density at radius 2 is 2.09 bits per heavy atom. The number of aliphatic hydroxyl groups is 1. The first-order valence-electron chi connectivity index (χ1n) is 2.85. The Morgan fingerprint density at radius 1 is 1.55 bits per heavy atom. The van der Waals surface area contributed by atoms with E-state index in [4.69, 9.17) is 10.8 Å². The first-order chi connectivity index (χ1) is 5.07. The fraction of sp³-hybridized carbons (Fsp3) is 0.600. The third kappa shape index (κ3) is 4.29. The lowest BCUT2D eigenvalue weighted by Gasteiger charge is -2.02. The zero-order chi connectivity index (χ0) is 8.85. The van der Waals surface area contributed by atoms with E-state index in [2.05, 4.69) is 9.78 Å². The summed E-state index contributed by atoms with van der Waals surface area (Å²) in [4.78, 5) is 28.3. The van der Waals surface area contributed by atoms with Crippen LogP contribution in [0.1, 0.15) is 6.92 Å². The van der Waals surface area contributed by atoms with Gasteiger partial charge in [-0.2, -0.15) is 0 Å². The summed E-state index contributed by atoms with van der Waals surface area (Å²) in [6, 6.07) is -0.860. The molecule has 6 heteroatoms. The summed E-state index contributed by atoms with van der Waals surface area (Å²) in [7, 11) is 0. The summed E-state index contributed by atoms with van der Waals surface area (Å²) in [6.07, 6.45) is 0. The van der Waals surface area contributed by atoms with Crippen LogP contribution in [0.25, 0.3) is 0 Å². The van der Waals surface area contributed by atoms with Crippen molar-refractivity contribution < 1.29 is 24.5 Å². The topological polar surface area (TPSA) is 98.9 Å². The van der Waals surface area contributed by atoms with Crippen molar-refractivity contribution in [2.45, 2.75) is 13.0 Å². The molecule has 0 aromatic carbocycles. The van der Waals surface area contributed by atoms with Gasteiger partial charge in [0.1, 0.15) is 12.6 Å². The molecule has 0 aliphatic carbocycles. The number of carbonyl (C=O) groups excluding carboxylic acids is 2. The minimum atomic E-state index is -1.04. The van der Waals surface area contributed by atoms with Gasteiger partial charge in [0.05, 0.1) is 0 Å². The molecule has 1 atom stereocenters. The number of rotatable bonds is 2. The molecule has 0 spiro atoms. The van der Waals surface area contributed by atoms with Crippen molar-refractivity contribution in [2.75, 3.05) is 6.61 Å². The highest BCUT2D eigenvalue weighted by atomic mass is 17.2. The number of nitrogens with two attached hydrogens (primary N) is 1. The Bertz CT molecular complexity index is 155. The van der Waals surface area contributed by atoms with Crippen molar-refractivity contribution in [3.05, 3.63) is 0 Å². The lowest BCUT2D eigenvalue weighted by atomic mass is 10.4. The van der Waals surface area contributed by atoms with Crippen molar-refractivity contribution in [3.8, 4) is 0 Å². The number of carbonyl (C=O) groups is 2. The lowest BCUT2D eigenvalue weighted by molar-refractivity contribution is -0.261. The van der Waals surface area contributed by atoms with Gasteiger partial charge in [0.25, 0.3) is 0 Å². The SMILES string of the molecule is CC(N)C(=O)OOC(=O)CO. The van der Waals surface area contributed by atoms with Crippen LogP contribution in [0.3, 0.4) is 0 Å². The molecule has 0 aromatic rings. The van der Waals surface area contributed by atoms with Crippen molar-refractivity contribution in [2.24, 2.45) is 5.73 Å². The Balaban J connectivity index is 3.54. The normalized spacial score (nSPS) is 11.9. The number of aliphatic hydroxyl groups excluding tert-OH is 1. The molecule has 3 N–H and O–H groups in total. The van der Waals surface area contributed by atoms with E-state index >= 15 is 0 Å². The maximum absolute atomic E-state index is 10.5. The van der Waals surface area contributed by atoms with Crippen LogP contribution in [0.4, 0.5) is 0 Å². The number of hydrogen-bond donors (Lipinski definition) is 2. The molecule has 11 heavy (non-hydrogen) atoms. The predicted octanol–water partition coefficient (Wildman–Crippen LogP) is -1.67. The highest BCUT2D eigenvalue weighted by Gasteiger charge is 2.12. The van der Waals surface area contributed by atoms with Crippen molar-refractivity contribution >= 4 is 11.9 Å². The van der Waals surface area contributed by atoms with Gasteiger partial charge in [0, 0.05) is 0 Å². The van der Waals surface area contributed by atoms with E-state index in [1.807, 2.05) is 0 Å². The average Bonchev–Trinajstić information content (AvgIpc) is 1.99. The van der Waals surface area contributed by atoms with Gasteiger partial charge in [-0.15, -0.1) is 0 Å². The molecule has 0 aliphatic rings. The third-order valence-corrected chi connectivity index (χ3v) is 0.718. The molecule has 0 amide bonds. The van der Waals surface area contributed by atoms with Crippen molar-refractivity contribution in [1.82, 2.24) is 0 Å². The molecule has 0 bridgehead atoms. The van der Waals surface area contributed by atoms with Crippen molar-refractivity contribution in [3.63, 3.8) is 0 Å². The van der Waals surface area contributed by atoms with E-state index in [1.165, 1.54) is 6.92 Å². The summed E-state index contributed by atoms with van der Waals surface area (Å²) in [5.74, 6) is -1.91. The van der Waals surface area contributed by atoms with Gasteiger partial charge in [-0.1, -0.05) is 0 Å². The van der Waals surface area contributed by atoms with Gasteiger partial charge >= 0.3 is 11.9 Å². The molecule has 0 saturated carbocycles. The molecule has 1 unspecified atom stereocenters. The first kappa shape index (κ1) is 9.86. The van der Waals surface area contributed by atoms with E-state index in [9.17, 15) is 9.59 Å². The summed E-state index contributed by atoms with van der Waals surface area (Å²) in [5.41, 5.74) is 5.04. The monoisotopic (exact) mass is 163 g/mol. The zero-order valence-corrected chi connectivity index (χ0v) is 5.94. The number of hydrogen-bond acceptors (Lipinski definition) is 6. The van der Waals surface area contributed by atoms with E-state index < -0.39 is 24.6 Å². The van der Waals surface area contributed by atoms with Crippen LogP contribution < -0.4 is 5.73 Å². The van der Waals surface area contributed by atoms with Gasteiger partial charge in [-0.3, -0.25) is 0 Å². The summed E-state index contributed by atoms with van der Waals surface area (Å²) < 4.78 is 0. The van der Waals surface area contributed by atoms with Gasteiger partial charge in [0.15, 0.2) is 0 Å². The van der Waals surface area contributed by atoms with Gasteiger partial charge in [0.2, 0.25) is 0 Å². The minimum Gasteiger partial charge on any atom is -0.384 e. The standard InChI is InChI=1S/C5H9NO5/c1-3(6)5(9)11-10-4(8)2-7/h3,7H,2,6H2,1H3. The van der Waals surface area contributed by atoms with Crippen LogP contribution in [-0.2, 0) is 19.4 Å². The molecular weight excluding hydrogens is 154 g/mol. The van der Waals surface area contributed by atoms with E-state index in [-0.39, 0.29) is 0 Å². The molecular formula is C5H9NO5. The van der Waals surface area contributed by atoms with E-state index in [0.717, 1.165) is 0 Å². The highest BCUT2D eigenvalue weighted by Crippen LogP contribution is 1.85. The third-order valence-electron chi connectivity index (χ3n) is 0.718. The second-order valence-corrected chi connectivity index (χ2v) is 1.80. The lowest BCUT2D eigenvalue weighted by Crippen LogP contribution is -2.29. The van der Waals surface area contributed by atoms with Crippen LogP contribution in [0.5, 0.6) is 0 Å². The Kier molecular flexibility index (Phi) is 4.16. The highest BCUT2D eigenvalue weighted by molar-refractivity contribution is 5.76. The fourth-order valence-corrected chi connectivity index (χ4v) is 0.190. The smallest absolute Gasteiger partial charge is 0.380 e. The second-order valence-electron chi connectivity index (χ2n) is 1.80. The minimum absolute atomic E-state index is 0.841. The first-order valence-corrected chi connectivity index (χ1v) is 2.85. The van der Waals surface area contributed by atoms with Crippen LogP contribution in [-0.4, -0.2) is 29.7 Å². The van der Waals surface area contributed by atoms with Crippen molar-refractivity contribution in [1.29, 1.82) is 0 Å². The molecule has 0 fully saturated rings. The molecule has 64 valence electrons. The quantitative estimate of drug-likeness (QED) is 0.373. The van der Waals surface area contributed by atoms with E-state index in [1.54, 1.807) is 0 Å². The average molecular weight is 163 g/mol. The molecule has 0 heterocycles. The largest absolute Gasteiger partial charge is 0.384 e. The molecule has 6 nitrogen and oxygen atoms in total. The Morgan fingerprint density at radius 3 is 2.45 bits per heavy atom. The fourth-order valence-electron chi connectivity index (χ4n) is 0.190. The molecule has 0 aliphatic heterocycles. The molecule has 0 radical (unpaired) electrons. The van der Waals surface area contributed by atoms with Gasteiger partial charge < -0.3 is 10.8 Å². The second kappa shape index (κ2) is 4.64. The Hall–Kier alpha value is -1.14. The molecule has 0 rings (SSSR count). The van der Waals surface area contributed by atoms with E-state index in [0.29, 0.717) is 0 Å². The predicted molar refractivity (Wildman–Crippen MR) is 32.9 cm³/mol. The summed E-state index contributed by atoms with van der Waals surface area (Å²) >= 11 is 0. The van der Waals surface area contributed by atoms with Crippen LogP contribution in [0.2, 0.25) is 0 Å². The van der Waals surface area contributed by atoms with Crippen LogP contribution >= 0.6 is 0 Å². The molecule has 0 aromatic heterocycles. The summed E-state index contributed by atoms with van der Waals surface area (Å²) in [6.45, 7) is 0.529. The van der Waals surface area contributed by atoms with Gasteiger partial charge in [-0.05, 0) is 6.92 Å². The van der Waals surface area contributed by atoms with Crippen LogP contribution in [0, 0.1) is 0 Å². The summed E-state index contributed by atoms with van der Waals surface area (Å²) in [5, 5.41) is 8.09. The maximum Gasteiger partial charge on any atom is 0.380 e. The molecule has 0 saturated heterocycles. The van der Waals surface area contributed by atoms with Crippen LogP contribution in [0.15, 0.2) is 0 Å². The maximum atomic E-state index is 10.5. The zero-order valence-electron chi connectivity index (χ0n) is 5.94. The Labute approximate surface area is 62.8 Å².